The quantitative estimate of drug-likeness (QED) is 0.684. The minimum atomic E-state index is -0.381. The summed E-state index contributed by atoms with van der Waals surface area (Å²) in [5.74, 6) is 0.398. The Hall–Kier alpha value is -3.02. The Labute approximate surface area is 178 Å². The SMILES string of the molecule is COc1ccc(N(CCC(N)=O)CC(=O)N(c2ccccc2)C2CCCCC2)cc1. The second-order valence-electron chi connectivity index (χ2n) is 7.73. The molecule has 2 aromatic rings. The van der Waals surface area contributed by atoms with Crippen molar-refractivity contribution in [1.82, 2.24) is 0 Å². The number of methoxy groups -OCH3 is 1. The molecule has 2 aromatic carbocycles. The van der Waals surface area contributed by atoms with Gasteiger partial charge in [0.1, 0.15) is 5.75 Å². The van der Waals surface area contributed by atoms with Gasteiger partial charge >= 0.3 is 0 Å². The molecule has 0 bridgehead atoms. The third-order valence-electron chi connectivity index (χ3n) is 5.63. The third-order valence-corrected chi connectivity index (χ3v) is 5.63. The minimum absolute atomic E-state index is 0.0355. The van der Waals surface area contributed by atoms with Gasteiger partial charge in [-0.1, -0.05) is 37.5 Å². The molecule has 0 saturated heterocycles. The van der Waals surface area contributed by atoms with E-state index in [9.17, 15) is 9.59 Å². The van der Waals surface area contributed by atoms with E-state index >= 15 is 0 Å². The fourth-order valence-electron chi connectivity index (χ4n) is 4.06. The van der Waals surface area contributed by atoms with Crippen molar-refractivity contribution in [3.63, 3.8) is 0 Å². The summed E-state index contributed by atoms with van der Waals surface area (Å²) in [6.07, 6.45) is 5.74. The molecule has 0 aromatic heterocycles. The van der Waals surface area contributed by atoms with Crippen LogP contribution in [-0.4, -0.2) is 38.1 Å². The van der Waals surface area contributed by atoms with Crippen molar-refractivity contribution >= 4 is 23.2 Å². The largest absolute Gasteiger partial charge is 0.497 e. The fraction of sp³-hybridized carbons (Fsp3) is 0.417. The molecule has 2 amide bonds. The predicted molar refractivity (Wildman–Crippen MR) is 120 cm³/mol. The van der Waals surface area contributed by atoms with Crippen molar-refractivity contribution in [1.29, 1.82) is 0 Å². The van der Waals surface area contributed by atoms with Crippen LogP contribution in [0.3, 0.4) is 0 Å². The van der Waals surface area contributed by atoms with E-state index in [1.807, 2.05) is 64.4 Å². The van der Waals surface area contributed by atoms with Crippen molar-refractivity contribution in [2.45, 2.75) is 44.6 Å². The van der Waals surface area contributed by atoms with Crippen LogP contribution < -0.4 is 20.3 Å². The Morgan fingerprint density at radius 2 is 1.63 bits per heavy atom. The van der Waals surface area contributed by atoms with Crippen molar-refractivity contribution < 1.29 is 14.3 Å². The molecule has 0 radical (unpaired) electrons. The van der Waals surface area contributed by atoms with E-state index < -0.39 is 0 Å². The molecule has 0 unspecified atom stereocenters. The highest BCUT2D eigenvalue weighted by atomic mass is 16.5. The molecule has 6 heteroatoms. The van der Waals surface area contributed by atoms with Gasteiger partial charge in [0.15, 0.2) is 0 Å². The van der Waals surface area contributed by atoms with Gasteiger partial charge in [-0.2, -0.15) is 0 Å². The molecule has 160 valence electrons. The van der Waals surface area contributed by atoms with Crippen molar-refractivity contribution in [3.8, 4) is 5.75 Å². The van der Waals surface area contributed by atoms with E-state index in [2.05, 4.69) is 0 Å². The van der Waals surface area contributed by atoms with Crippen molar-refractivity contribution in [2.75, 3.05) is 30.0 Å². The van der Waals surface area contributed by atoms with Crippen LogP contribution >= 0.6 is 0 Å². The molecule has 0 atom stereocenters. The first-order chi connectivity index (χ1) is 14.6. The smallest absolute Gasteiger partial charge is 0.246 e. The number of para-hydroxylation sites is 1. The Balaban J connectivity index is 1.83. The summed E-state index contributed by atoms with van der Waals surface area (Å²) in [6, 6.07) is 17.6. The fourth-order valence-corrected chi connectivity index (χ4v) is 4.06. The van der Waals surface area contributed by atoms with E-state index in [1.165, 1.54) is 6.42 Å². The average molecular weight is 410 g/mol. The summed E-state index contributed by atoms with van der Waals surface area (Å²) in [6.45, 7) is 0.575. The van der Waals surface area contributed by atoms with Gasteiger partial charge < -0.3 is 20.3 Å². The first-order valence-electron chi connectivity index (χ1n) is 10.6. The van der Waals surface area contributed by atoms with Gasteiger partial charge in [0.05, 0.1) is 13.7 Å². The molecule has 1 aliphatic rings. The zero-order valence-corrected chi connectivity index (χ0v) is 17.6. The molecule has 1 fully saturated rings. The van der Waals surface area contributed by atoms with Crippen LogP contribution in [0, 0.1) is 0 Å². The lowest BCUT2D eigenvalue weighted by molar-refractivity contribution is -0.119. The summed E-state index contributed by atoms with van der Waals surface area (Å²) in [5.41, 5.74) is 7.17. The van der Waals surface area contributed by atoms with Gasteiger partial charge in [-0.3, -0.25) is 9.59 Å². The van der Waals surface area contributed by atoms with Gasteiger partial charge in [-0.05, 0) is 49.2 Å². The third kappa shape index (κ3) is 5.75. The Morgan fingerprint density at radius 1 is 0.967 bits per heavy atom. The number of ether oxygens (including phenoxy) is 1. The Bertz CT molecular complexity index is 817. The molecule has 1 aliphatic carbocycles. The van der Waals surface area contributed by atoms with Crippen LogP contribution in [0.15, 0.2) is 54.6 Å². The van der Waals surface area contributed by atoms with Crippen LogP contribution in [-0.2, 0) is 9.59 Å². The molecule has 30 heavy (non-hydrogen) atoms. The normalized spacial score (nSPS) is 14.2. The maximum atomic E-state index is 13.5. The summed E-state index contributed by atoms with van der Waals surface area (Å²) in [7, 11) is 1.62. The molecule has 1 saturated carbocycles. The first-order valence-corrected chi connectivity index (χ1v) is 10.6. The number of hydrogen-bond acceptors (Lipinski definition) is 4. The molecular weight excluding hydrogens is 378 g/mol. The number of nitrogens with zero attached hydrogens (tertiary/aromatic N) is 2. The minimum Gasteiger partial charge on any atom is -0.497 e. The molecule has 3 rings (SSSR count). The highest BCUT2D eigenvalue weighted by molar-refractivity contribution is 5.97. The second kappa shape index (κ2) is 10.7. The number of hydrogen-bond donors (Lipinski definition) is 1. The van der Waals surface area contributed by atoms with E-state index in [-0.39, 0.29) is 30.8 Å². The number of amides is 2. The Morgan fingerprint density at radius 3 is 2.23 bits per heavy atom. The van der Waals surface area contributed by atoms with Crippen molar-refractivity contribution in [3.05, 3.63) is 54.6 Å². The summed E-state index contributed by atoms with van der Waals surface area (Å²) in [4.78, 5) is 28.8. The highest BCUT2D eigenvalue weighted by Crippen LogP contribution is 2.28. The Kier molecular flexibility index (Phi) is 7.71. The zero-order chi connectivity index (χ0) is 21.3. The topological polar surface area (TPSA) is 75.9 Å². The summed E-state index contributed by atoms with van der Waals surface area (Å²) >= 11 is 0. The van der Waals surface area contributed by atoms with Crippen LogP contribution in [0.4, 0.5) is 11.4 Å². The number of carbonyl (C=O) groups is 2. The van der Waals surface area contributed by atoms with Crippen LogP contribution in [0.1, 0.15) is 38.5 Å². The highest BCUT2D eigenvalue weighted by Gasteiger charge is 2.28. The summed E-state index contributed by atoms with van der Waals surface area (Å²) in [5, 5.41) is 0. The van der Waals surface area contributed by atoms with Gasteiger partial charge in [-0.25, -0.2) is 0 Å². The monoisotopic (exact) mass is 409 g/mol. The first kappa shape index (κ1) is 21.7. The maximum absolute atomic E-state index is 13.5. The number of benzene rings is 2. The van der Waals surface area contributed by atoms with E-state index in [4.69, 9.17) is 10.5 Å². The zero-order valence-electron chi connectivity index (χ0n) is 17.6. The number of rotatable bonds is 9. The van der Waals surface area contributed by atoms with E-state index in [0.29, 0.717) is 6.54 Å². The summed E-state index contributed by atoms with van der Waals surface area (Å²) < 4.78 is 5.24. The molecular formula is C24H31N3O3. The number of anilines is 2. The molecule has 2 N–H and O–H groups in total. The standard InChI is InChI=1S/C24H31N3O3/c1-30-22-14-12-19(13-15-22)26(17-16-23(25)28)18-24(29)27(20-8-4-2-5-9-20)21-10-6-3-7-11-21/h2,4-5,8-9,12-15,21H,3,6-7,10-11,16-18H2,1H3,(H2,25,28). The van der Waals surface area contributed by atoms with E-state index in [1.54, 1.807) is 7.11 Å². The number of nitrogens with two attached hydrogens (primary N) is 1. The van der Waals surface area contributed by atoms with Gasteiger partial charge in [0, 0.05) is 30.4 Å². The second-order valence-corrected chi connectivity index (χ2v) is 7.73. The molecule has 0 heterocycles. The lowest BCUT2D eigenvalue weighted by atomic mass is 9.93. The molecule has 0 spiro atoms. The number of carbonyl (C=O) groups excluding carboxylic acids is 2. The van der Waals surface area contributed by atoms with Gasteiger partial charge in [-0.15, -0.1) is 0 Å². The van der Waals surface area contributed by atoms with Crippen molar-refractivity contribution in [2.24, 2.45) is 5.73 Å². The lowest BCUT2D eigenvalue weighted by Gasteiger charge is -2.36. The number of primary amides is 1. The predicted octanol–water partition coefficient (Wildman–Crippen LogP) is 3.74. The van der Waals surface area contributed by atoms with E-state index in [0.717, 1.165) is 42.8 Å². The molecule has 0 aliphatic heterocycles. The van der Waals surface area contributed by atoms with Gasteiger partial charge in [0.25, 0.3) is 0 Å². The van der Waals surface area contributed by atoms with Crippen LogP contribution in [0.25, 0.3) is 0 Å². The lowest BCUT2D eigenvalue weighted by Crippen LogP contribution is -2.47. The van der Waals surface area contributed by atoms with Crippen LogP contribution in [0.2, 0.25) is 0 Å². The van der Waals surface area contributed by atoms with Crippen LogP contribution in [0.5, 0.6) is 5.75 Å². The maximum Gasteiger partial charge on any atom is 0.246 e. The molecule has 6 nitrogen and oxygen atoms in total. The van der Waals surface area contributed by atoms with Gasteiger partial charge in [0.2, 0.25) is 11.8 Å². The average Bonchev–Trinajstić information content (AvgIpc) is 2.78.